The van der Waals surface area contributed by atoms with E-state index in [2.05, 4.69) is 10.2 Å². The molecule has 0 saturated carbocycles. The van der Waals surface area contributed by atoms with E-state index < -0.39 is 0 Å². The molecule has 1 heterocycles. The number of rotatable bonds is 2. The van der Waals surface area contributed by atoms with Crippen LogP contribution >= 0.6 is 23.2 Å². The minimum atomic E-state index is 0.0999. The van der Waals surface area contributed by atoms with Crippen LogP contribution in [0.25, 0.3) is 11.3 Å². The Labute approximate surface area is 109 Å². The summed E-state index contributed by atoms with van der Waals surface area (Å²) in [5.41, 5.74) is 2.79. The highest BCUT2D eigenvalue weighted by Gasteiger charge is 2.11. The summed E-state index contributed by atoms with van der Waals surface area (Å²) in [4.78, 5) is 0. The van der Waals surface area contributed by atoms with Gasteiger partial charge in [0.05, 0.1) is 17.3 Å². The summed E-state index contributed by atoms with van der Waals surface area (Å²) in [6, 6.07) is 6.82. The number of aromatic nitrogens is 2. The third-order valence-corrected chi connectivity index (χ3v) is 2.88. The lowest BCUT2D eigenvalue weighted by Gasteiger charge is -2.08. The average molecular weight is 269 g/mol. The fourth-order valence-corrected chi connectivity index (χ4v) is 2.03. The third kappa shape index (κ3) is 2.51. The zero-order valence-corrected chi connectivity index (χ0v) is 10.6. The van der Waals surface area contributed by atoms with Crippen molar-refractivity contribution >= 4 is 23.2 Å². The van der Waals surface area contributed by atoms with Gasteiger partial charge in [0.2, 0.25) is 0 Å². The third-order valence-electron chi connectivity index (χ3n) is 2.39. The lowest BCUT2D eigenvalue weighted by molar-refractivity contribution is 0.476. The van der Waals surface area contributed by atoms with Crippen LogP contribution in [0, 0.1) is 6.92 Å². The Hall–Kier alpha value is -1.32. The number of hydrogen-bond donors (Lipinski definition) is 1. The van der Waals surface area contributed by atoms with Gasteiger partial charge in [-0.15, -0.1) is 11.6 Å². The van der Waals surface area contributed by atoms with Crippen LogP contribution in [-0.4, -0.2) is 15.3 Å². The van der Waals surface area contributed by atoms with Gasteiger partial charge in [0, 0.05) is 10.6 Å². The topological polar surface area (TPSA) is 46.0 Å². The molecule has 0 unspecified atom stereocenters. The van der Waals surface area contributed by atoms with E-state index in [4.69, 9.17) is 23.2 Å². The van der Waals surface area contributed by atoms with Crippen LogP contribution in [0.15, 0.2) is 24.3 Å². The van der Waals surface area contributed by atoms with Crippen LogP contribution in [-0.2, 0) is 5.88 Å². The molecule has 0 aliphatic rings. The van der Waals surface area contributed by atoms with Crippen LogP contribution in [0.3, 0.4) is 0 Å². The normalized spacial score (nSPS) is 10.5. The second kappa shape index (κ2) is 4.90. The summed E-state index contributed by atoms with van der Waals surface area (Å²) in [5.74, 6) is 0.418. The van der Waals surface area contributed by atoms with Crippen molar-refractivity contribution in [3.63, 3.8) is 0 Å². The van der Waals surface area contributed by atoms with E-state index >= 15 is 0 Å². The minimum Gasteiger partial charge on any atom is -0.507 e. The van der Waals surface area contributed by atoms with E-state index in [1.807, 2.05) is 6.92 Å². The number of aryl methyl sites for hydroxylation is 1. The first-order valence-corrected chi connectivity index (χ1v) is 5.91. The Morgan fingerprint density at radius 3 is 2.53 bits per heavy atom. The number of alkyl halides is 1. The van der Waals surface area contributed by atoms with Crippen molar-refractivity contribution < 1.29 is 5.11 Å². The van der Waals surface area contributed by atoms with E-state index in [0.717, 1.165) is 5.56 Å². The first-order chi connectivity index (χ1) is 8.11. The van der Waals surface area contributed by atoms with E-state index in [9.17, 15) is 5.11 Å². The van der Waals surface area contributed by atoms with Gasteiger partial charge in [0.1, 0.15) is 5.75 Å². The lowest BCUT2D eigenvalue weighted by atomic mass is 10.0. The Bertz CT molecular complexity index is 518. The first kappa shape index (κ1) is 12.1. The zero-order chi connectivity index (χ0) is 12.4. The molecule has 0 spiro atoms. The van der Waals surface area contributed by atoms with E-state index in [-0.39, 0.29) is 5.75 Å². The van der Waals surface area contributed by atoms with Crippen LogP contribution in [0.1, 0.15) is 11.3 Å². The van der Waals surface area contributed by atoms with Gasteiger partial charge < -0.3 is 5.11 Å². The Balaban J connectivity index is 2.52. The average Bonchev–Trinajstić information content (AvgIpc) is 2.28. The molecule has 1 aromatic carbocycles. The molecule has 0 aliphatic heterocycles. The molecular formula is C12H10Cl2N2O. The first-order valence-electron chi connectivity index (χ1n) is 5.00. The molecule has 0 aliphatic carbocycles. The van der Waals surface area contributed by atoms with E-state index in [0.29, 0.717) is 27.9 Å². The van der Waals surface area contributed by atoms with Crippen molar-refractivity contribution in [2.24, 2.45) is 0 Å². The molecule has 0 fully saturated rings. The fraction of sp³-hybridized carbons (Fsp3) is 0.167. The van der Waals surface area contributed by atoms with Crippen molar-refractivity contribution in [1.82, 2.24) is 10.2 Å². The maximum Gasteiger partial charge on any atom is 0.126 e. The molecule has 88 valence electrons. The van der Waals surface area contributed by atoms with E-state index in [1.54, 1.807) is 18.2 Å². The second-order valence-corrected chi connectivity index (χ2v) is 4.36. The van der Waals surface area contributed by atoms with Gasteiger partial charge in [-0.3, -0.25) is 0 Å². The molecule has 1 aromatic heterocycles. The number of phenolic OH excluding ortho intramolecular Hbond substituents is 1. The lowest BCUT2D eigenvalue weighted by Crippen LogP contribution is -1.94. The largest absolute Gasteiger partial charge is 0.507 e. The predicted octanol–water partition coefficient (Wildman–Crippen LogP) is 3.55. The van der Waals surface area contributed by atoms with Crippen molar-refractivity contribution in [3.8, 4) is 17.0 Å². The molecule has 0 saturated heterocycles. The van der Waals surface area contributed by atoms with Gasteiger partial charge >= 0.3 is 0 Å². The summed E-state index contributed by atoms with van der Waals surface area (Å²) in [6.45, 7) is 1.86. The fourth-order valence-electron chi connectivity index (χ4n) is 1.62. The summed E-state index contributed by atoms with van der Waals surface area (Å²) in [5, 5.41) is 18.4. The number of hydrogen-bond acceptors (Lipinski definition) is 3. The Kier molecular flexibility index (Phi) is 3.50. The number of halogens is 2. The molecule has 0 atom stereocenters. The monoisotopic (exact) mass is 268 g/mol. The molecule has 2 rings (SSSR count). The van der Waals surface area contributed by atoms with Gasteiger partial charge in [-0.1, -0.05) is 11.6 Å². The summed E-state index contributed by atoms with van der Waals surface area (Å²) >= 11 is 11.5. The van der Waals surface area contributed by atoms with Gasteiger partial charge in [-0.25, -0.2) is 0 Å². The standard InChI is InChI=1S/C12H10Cl2N2O/c1-7-4-8(14)5-11(17)12(7)10-3-2-9(6-13)15-16-10/h2-5,17H,6H2,1H3. The second-order valence-electron chi connectivity index (χ2n) is 3.66. The molecule has 0 radical (unpaired) electrons. The number of phenols is 1. The quantitative estimate of drug-likeness (QED) is 0.848. The van der Waals surface area contributed by atoms with Crippen LogP contribution in [0.5, 0.6) is 5.75 Å². The molecule has 1 N–H and O–H groups in total. The summed E-state index contributed by atoms with van der Waals surface area (Å²) < 4.78 is 0. The smallest absolute Gasteiger partial charge is 0.126 e. The summed E-state index contributed by atoms with van der Waals surface area (Å²) in [6.07, 6.45) is 0. The highest BCUT2D eigenvalue weighted by atomic mass is 35.5. The molecule has 0 amide bonds. The highest BCUT2D eigenvalue weighted by molar-refractivity contribution is 6.31. The Morgan fingerprint density at radius 1 is 1.24 bits per heavy atom. The molecular weight excluding hydrogens is 259 g/mol. The van der Waals surface area contributed by atoms with E-state index in [1.165, 1.54) is 6.07 Å². The van der Waals surface area contributed by atoms with Crippen molar-refractivity contribution in [1.29, 1.82) is 0 Å². The zero-order valence-electron chi connectivity index (χ0n) is 9.11. The molecule has 5 heteroatoms. The molecule has 17 heavy (non-hydrogen) atoms. The maximum atomic E-state index is 9.87. The number of benzene rings is 1. The predicted molar refractivity (Wildman–Crippen MR) is 68.4 cm³/mol. The molecule has 2 aromatic rings. The van der Waals surface area contributed by atoms with Crippen molar-refractivity contribution in [2.45, 2.75) is 12.8 Å². The van der Waals surface area contributed by atoms with Crippen molar-refractivity contribution in [3.05, 3.63) is 40.5 Å². The van der Waals surface area contributed by atoms with Gasteiger partial charge in [-0.2, -0.15) is 10.2 Å². The van der Waals surface area contributed by atoms with Crippen LogP contribution in [0.4, 0.5) is 0 Å². The minimum absolute atomic E-state index is 0.0999. The number of nitrogens with zero attached hydrogens (tertiary/aromatic N) is 2. The van der Waals surface area contributed by atoms with Gasteiger partial charge in [0.15, 0.2) is 0 Å². The van der Waals surface area contributed by atoms with Crippen LogP contribution in [0.2, 0.25) is 5.02 Å². The SMILES string of the molecule is Cc1cc(Cl)cc(O)c1-c1ccc(CCl)nn1. The summed E-state index contributed by atoms with van der Waals surface area (Å²) in [7, 11) is 0. The van der Waals surface area contributed by atoms with Gasteiger partial charge in [-0.05, 0) is 36.8 Å². The van der Waals surface area contributed by atoms with Crippen LogP contribution < -0.4 is 0 Å². The Morgan fingerprint density at radius 2 is 2.00 bits per heavy atom. The van der Waals surface area contributed by atoms with Gasteiger partial charge in [0.25, 0.3) is 0 Å². The molecule has 3 nitrogen and oxygen atoms in total. The molecule has 0 bridgehead atoms. The maximum absolute atomic E-state index is 9.87. The van der Waals surface area contributed by atoms with Crippen molar-refractivity contribution in [2.75, 3.05) is 0 Å². The highest BCUT2D eigenvalue weighted by Crippen LogP contribution is 2.33. The number of aromatic hydroxyl groups is 1.